The number of rotatable bonds is 0. The van der Waals surface area contributed by atoms with Gasteiger partial charge in [-0.15, -0.1) is 0 Å². The molecule has 1 aromatic carbocycles. The Labute approximate surface area is 143 Å². The molecule has 5 rings (SSSR count). The van der Waals surface area contributed by atoms with E-state index in [-0.39, 0.29) is 17.6 Å². The lowest BCUT2D eigenvalue weighted by Crippen LogP contribution is -2.44. The first-order valence-corrected chi connectivity index (χ1v) is 10.4. The second-order valence-electron chi connectivity index (χ2n) is 8.46. The zero-order valence-corrected chi connectivity index (χ0v) is 15.0. The topological polar surface area (TPSA) is 52.6 Å². The average molecular weight is 348 g/mol. The first-order chi connectivity index (χ1) is 11.4. The van der Waals surface area contributed by atoms with Gasteiger partial charge in [-0.3, -0.25) is 0 Å². The highest BCUT2D eigenvalue weighted by atomic mass is 32.3. The minimum atomic E-state index is -3.78. The van der Waals surface area contributed by atoms with Gasteiger partial charge >= 0.3 is 10.4 Å². The van der Waals surface area contributed by atoms with Crippen LogP contribution in [-0.2, 0) is 25.2 Å². The van der Waals surface area contributed by atoms with Gasteiger partial charge in [-0.2, -0.15) is 8.42 Å². The lowest BCUT2D eigenvalue weighted by molar-refractivity contribution is -0.00566. The molecule has 6 atom stereocenters. The van der Waals surface area contributed by atoms with Gasteiger partial charge in [0.25, 0.3) is 0 Å². The van der Waals surface area contributed by atoms with Crippen molar-refractivity contribution in [2.24, 2.45) is 17.3 Å². The molecule has 0 spiro atoms. The van der Waals surface area contributed by atoms with E-state index in [0.29, 0.717) is 17.8 Å². The molecule has 4 aliphatic rings. The minimum Gasteiger partial charge on any atom is -0.242 e. The second-order valence-corrected chi connectivity index (χ2v) is 9.66. The van der Waals surface area contributed by atoms with Crippen LogP contribution in [0.1, 0.15) is 55.2 Å². The highest BCUT2D eigenvalue weighted by Crippen LogP contribution is 2.63. The van der Waals surface area contributed by atoms with Gasteiger partial charge in [0.2, 0.25) is 0 Å². The van der Waals surface area contributed by atoms with E-state index < -0.39 is 10.4 Å². The third kappa shape index (κ3) is 2.01. The number of hydrogen-bond donors (Lipinski definition) is 0. The lowest BCUT2D eigenvalue weighted by atomic mass is 9.55. The summed E-state index contributed by atoms with van der Waals surface area (Å²) in [4.78, 5) is 0. The highest BCUT2D eigenvalue weighted by molar-refractivity contribution is 7.82. The van der Waals surface area contributed by atoms with Crippen molar-refractivity contribution < 1.29 is 16.8 Å². The molecule has 1 heterocycles. The SMILES string of the molecule is Cc1ccc2c(c1)CCC1C2CC[C@@]2(C)C1C[C@@H]1OS(=O)(=O)O[C@@H]12. The van der Waals surface area contributed by atoms with E-state index in [9.17, 15) is 8.42 Å². The second kappa shape index (κ2) is 4.83. The Balaban J connectivity index is 1.50. The molecular formula is C19H24O4S. The number of benzene rings is 1. The Hall–Kier alpha value is -0.910. The minimum absolute atomic E-state index is 0.0718. The first-order valence-electron chi connectivity index (χ1n) is 9.08. The summed E-state index contributed by atoms with van der Waals surface area (Å²) in [6.07, 6.45) is 4.75. The van der Waals surface area contributed by atoms with Gasteiger partial charge in [-0.05, 0) is 67.9 Å². The standard InChI is InChI=1S/C19H24O4S/c1-11-3-5-13-12(9-11)4-6-15-14(13)7-8-19(2)16(15)10-17-18(19)23-24(20,21)22-17/h3,5,9,14-18H,4,6-8,10H2,1-2H3/t14?,15?,16?,17-,18-,19-/m0/s1. The van der Waals surface area contributed by atoms with E-state index >= 15 is 0 Å². The Morgan fingerprint density at radius 1 is 1.21 bits per heavy atom. The summed E-state index contributed by atoms with van der Waals surface area (Å²) >= 11 is 0. The molecule has 1 aromatic rings. The molecule has 0 radical (unpaired) electrons. The van der Waals surface area contributed by atoms with Crippen molar-refractivity contribution in [1.29, 1.82) is 0 Å². The van der Waals surface area contributed by atoms with Gasteiger partial charge in [0.05, 0.1) is 0 Å². The largest absolute Gasteiger partial charge is 0.400 e. The van der Waals surface area contributed by atoms with Crippen LogP contribution >= 0.6 is 0 Å². The van der Waals surface area contributed by atoms with Crippen molar-refractivity contribution in [3.63, 3.8) is 0 Å². The van der Waals surface area contributed by atoms with Crippen LogP contribution in [0.25, 0.3) is 0 Å². The summed E-state index contributed by atoms with van der Waals surface area (Å²) in [5.41, 5.74) is 4.33. The lowest BCUT2D eigenvalue weighted by Gasteiger charge is -2.50. The smallest absolute Gasteiger partial charge is 0.242 e. The van der Waals surface area contributed by atoms with Crippen LogP contribution in [0.3, 0.4) is 0 Å². The quantitative estimate of drug-likeness (QED) is 0.720. The molecule has 130 valence electrons. The first kappa shape index (κ1) is 15.4. The fourth-order valence-electron chi connectivity index (χ4n) is 6.22. The van der Waals surface area contributed by atoms with Crippen LogP contribution in [0, 0.1) is 24.2 Å². The zero-order valence-electron chi connectivity index (χ0n) is 14.2. The van der Waals surface area contributed by atoms with Crippen LogP contribution in [0.2, 0.25) is 0 Å². The summed E-state index contributed by atoms with van der Waals surface area (Å²) in [5, 5.41) is 0. The predicted octanol–water partition coefficient (Wildman–Crippen LogP) is 3.49. The van der Waals surface area contributed by atoms with Crippen molar-refractivity contribution in [1.82, 2.24) is 0 Å². The third-order valence-corrected chi connectivity index (χ3v) is 8.18. The highest BCUT2D eigenvalue weighted by Gasteiger charge is 2.63. The van der Waals surface area contributed by atoms with Gasteiger partial charge < -0.3 is 0 Å². The molecule has 5 heteroatoms. The van der Waals surface area contributed by atoms with Crippen LogP contribution in [0.15, 0.2) is 18.2 Å². The van der Waals surface area contributed by atoms with E-state index in [2.05, 4.69) is 32.0 Å². The fraction of sp³-hybridized carbons (Fsp3) is 0.684. The van der Waals surface area contributed by atoms with E-state index in [4.69, 9.17) is 8.37 Å². The predicted molar refractivity (Wildman–Crippen MR) is 89.8 cm³/mol. The Kier molecular flexibility index (Phi) is 3.09. The maximum atomic E-state index is 11.7. The summed E-state index contributed by atoms with van der Waals surface area (Å²) in [5.74, 6) is 1.73. The third-order valence-electron chi connectivity index (χ3n) is 7.26. The van der Waals surface area contributed by atoms with Gasteiger partial charge in [0.1, 0.15) is 12.2 Å². The molecule has 4 nitrogen and oxygen atoms in total. The molecular weight excluding hydrogens is 324 g/mol. The number of fused-ring (bicyclic) bond motifs is 7. The molecule has 3 unspecified atom stereocenters. The molecule has 3 fully saturated rings. The summed E-state index contributed by atoms with van der Waals surface area (Å²) in [6, 6.07) is 6.91. The molecule has 1 aliphatic heterocycles. The molecule has 0 bridgehead atoms. The van der Waals surface area contributed by atoms with Crippen LogP contribution < -0.4 is 0 Å². The number of hydrogen-bond acceptors (Lipinski definition) is 4. The van der Waals surface area contributed by atoms with E-state index in [1.807, 2.05) is 0 Å². The van der Waals surface area contributed by atoms with Crippen LogP contribution in [-0.4, -0.2) is 20.6 Å². The van der Waals surface area contributed by atoms with Gasteiger partial charge in [0, 0.05) is 5.41 Å². The van der Waals surface area contributed by atoms with Crippen molar-refractivity contribution in [3.8, 4) is 0 Å². The maximum absolute atomic E-state index is 11.7. The van der Waals surface area contributed by atoms with Gasteiger partial charge in [-0.25, -0.2) is 8.37 Å². The van der Waals surface area contributed by atoms with E-state index in [0.717, 1.165) is 25.7 Å². The Bertz CT molecular complexity index is 802. The zero-order chi connectivity index (χ0) is 16.7. The van der Waals surface area contributed by atoms with E-state index in [1.165, 1.54) is 23.1 Å². The van der Waals surface area contributed by atoms with E-state index in [1.54, 1.807) is 0 Å². The van der Waals surface area contributed by atoms with Gasteiger partial charge in [0.15, 0.2) is 0 Å². The molecule has 0 N–H and O–H groups in total. The Morgan fingerprint density at radius 2 is 2.04 bits per heavy atom. The maximum Gasteiger partial charge on any atom is 0.400 e. The molecule has 2 saturated carbocycles. The monoisotopic (exact) mass is 348 g/mol. The van der Waals surface area contributed by atoms with Crippen molar-refractivity contribution in [2.45, 2.75) is 64.1 Å². The van der Waals surface area contributed by atoms with Crippen molar-refractivity contribution >= 4 is 10.4 Å². The molecule has 0 amide bonds. The molecule has 0 aromatic heterocycles. The molecule has 1 saturated heterocycles. The summed E-state index contributed by atoms with van der Waals surface area (Å²) < 4.78 is 34.0. The fourth-order valence-corrected chi connectivity index (χ4v) is 7.34. The number of aryl methyl sites for hydroxylation is 2. The molecule has 24 heavy (non-hydrogen) atoms. The molecule has 3 aliphatic carbocycles. The van der Waals surface area contributed by atoms with Crippen LogP contribution in [0.5, 0.6) is 0 Å². The average Bonchev–Trinajstić information content (AvgIpc) is 2.97. The summed E-state index contributed by atoms with van der Waals surface area (Å²) in [7, 11) is -3.78. The van der Waals surface area contributed by atoms with Crippen molar-refractivity contribution in [2.75, 3.05) is 0 Å². The normalized spacial score (nSPS) is 45.2. The summed E-state index contributed by atoms with van der Waals surface area (Å²) in [6.45, 7) is 4.39. The van der Waals surface area contributed by atoms with Crippen LogP contribution in [0.4, 0.5) is 0 Å². The Morgan fingerprint density at radius 3 is 2.88 bits per heavy atom. The van der Waals surface area contributed by atoms with Gasteiger partial charge in [-0.1, -0.05) is 30.7 Å². The van der Waals surface area contributed by atoms with Crippen molar-refractivity contribution in [3.05, 3.63) is 34.9 Å².